The molecule has 1 atom stereocenters. The van der Waals surface area contributed by atoms with E-state index < -0.39 is 12.1 Å². The third kappa shape index (κ3) is 6.44. The van der Waals surface area contributed by atoms with E-state index in [2.05, 4.69) is 4.98 Å². The van der Waals surface area contributed by atoms with E-state index in [0.29, 0.717) is 29.5 Å². The van der Waals surface area contributed by atoms with Crippen LogP contribution in [0.4, 0.5) is 13.2 Å². The predicted molar refractivity (Wildman–Crippen MR) is 122 cm³/mol. The van der Waals surface area contributed by atoms with Gasteiger partial charge in [0.2, 0.25) is 0 Å². The van der Waals surface area contributed by atoms with Gasteiger partial charge < -0.3 is 0 Å². The van der Waals surface area contributed by atoms with Gasteiger partial charge in [-0.15, -0.1) is 0 Å². The van der Waals surface area contributed by atoms with Crippen LogP contribution in [0, 0.1) is 6.92 Å². The largest absolute Gasteiger partial charge is 0.399 e. The predicted octanol–water partition coefficient (Wildman–Crippen LogP) is 7.87. The summed E-state index contributed by atoms with van der Waals surface area (Å²) in [5.74, 6) is -1.90. The van der Waals surface area contributed by atoms with Crippen LogP contribution in [0.2, 0.25) is 10.0 Å². The second-order valence-corrected chi connectivity index (χ2v) is 8.27. The summed E-state index contributed by atoms with van der Waals surface area (Å²) in [6.45, 7) is 1.77. The minimum Gasteiger partial charge on any atom is -0.294 e. The molecule has 0 aliphatic rings. The van der Waals surface area contributed by atoms with Gasteiger partial charge in [-0.2, -0.15) is 13.2 Å². The van der Waals surface area contributed by atoms with Crippen molar-refractivity contribution in [3.8, 4) is 0 Å². The maximum Gasteiger partial charge on any atom is 0.399 e. The fourth-order valence-electron chi connectivity index (χ4n) is 3.40. The molecule has 0 aliphatic heterocycles. The summed E-state index contributed by atoms with van der Waals surface area (Å²) in [5.41, 5.74) is 2.60. The van der Waals surface area contributed by atoms with Gasteiger partial charge in [0.1, 0.15) is 0 Å². The number of pyridine rings is 1. The summed E-state index contributed by atoms with van der Waals surface area (Å²) >= 11 is 11.8. The lowest BCUT2D eigenvalue weighted by Crippen LogP contribution is -2.18. The number of carbonyl (C=O) groups excluding carboxylic acids is 1. The van der Waals surface area contributed by atoms with Crippen molar-refractivity contribution >= 4 is 35.1 Å². The average molecular weight is 478 g/mol. The number of hydrogen-bond donors (Lipinski definition) is 0. The number of ketones is 1. The number of halogens is 5. The molecule has 0 aliphatic carbocycles. The molecular weight excluding hydrogens is 458 g/mol. The lowest BCUT2D eigenvalue weighted by Gasteiger charge is -2.18. The lowest BCUT2D eigenvalue weighted by molar-refractivity contribution is -0.139. The summed E-state index contributed by atoms with van der Waals surface area (Å²) in [6.07, 6.45) is 0.453. The van der Waals surface area contributed by atoms with Crippen molar-refractivity contribution in [2.24, 2.45) is 0 Å². The van der Waals surface area contributed by atoms with Crippen molar-refractivity contribution in [1.29, 1.82) is 0 Å². The van der Waals surface area contributed by atoms with Gasteiger partial charge in [-0.25, -0.2) is 0 Å². The van der Waals surface area contributed by atoms with Crippen molar-refractivity contribution in [2.45, 2.75) is 31.9 Å². The van der Waals surface area contributed by atoms with E-state index in [4.69, 9.17) is 23.2 Å². The highest BCUT2D eigenvalue weighted by atomic mass is 35.5. The van der Waals surface area contributed by atoms with E-state index >= 15 is 0 Å². The zero-order chi connectivity index (χ0) is 23.3. The smallest absolute Gasteiger partial charge is 0.294 e. The second-order valence-electron chi connectivity index (χ2n) is 7.40. The molecule has 0 saturated heterocycles. The Morgan fingerprint density at radius 3 is 2.38 bits per heavy atom. The number of rotatable bonds is 7. The van der Waals surface area contributed by atoms with Crippen LogP contribution in [-0.4, -0.2) is 16.9 Å². The molecule has 0 spiro atoms. The van der Waals surface area contributed by atoms with Crippen molar-refractivity contribution in [3.63, 3.8) is 0 Å². The molecule has 0 bridgehead atoms. The molecule has 1 heterocycles. The normalized spacial score (nSPS) is 12.8. The molecule has 166 valence electrons. The molecule has 1 aromatic heterocycles. The summed E-state index contributed by atoms with van der Waals surface area (Å²) in [6, 6.07) is 14.4. The van der Waals surface area contributed by atoms with Crippen LogP contribution in [0.3, 0.4) is 0 Å². The molecule has 0 N–H and O–H groups in total. The number of alkyl halides is 3. The molecule has 32 heavy (non-hydrogen) atoms. The minimum atomic E-state index is -4.51. The molecule has 3 rings (SSSR count). The van der Waals surface area contributed by atoms with Gasteiger partial charge >= 0.3 is 6.18 Å². The molecule has 0 saturated carbocycles. The molecular formula is C25H20Cl2F3NO. The first-order valence-electron chi connectivity index (χ1n) is 9.88. The maximum atomic E-state index is 13.7. The molecule has 2 nitrogen and oxygen atoms in total. The maximum absolute atomic E-state index is 13.7. The van der Waals surface area contributed by atoms with Crippen molar-refractivity contribution < 1.29 is 18.0 Å². The quantitative estimate of drug-likeness (QED) is 0.324. The van der Waals surface area contributed by atoms with Crippen LogP contribution in [0.15, 0.2) is 66.9 Å². The van der Waals surface area contributed by atoms with E-state index in [9.17, 15) is 18.0 Å². The highest BCUT2D eigenvalue weighted by molar-refractivity contribution is 6.34. The Balaban J connectivity index is 1.77. The van der Waals surface area contributed by atoms with E-state index in [1.54, 1.807) is 31.3 Å². The van der Waals surface area contributed by atoms with Gasteiger partial charge in [-0.3, -0.25) is 9.78 Å². The number of nitrogens with zero attached hydrogens (tertiary/aromatic N) is 1. The van der Waals surface area contributed by atoms with Crippen molar-refractivity contribution in [1.82, 2.24) is 4.98 Å². The highest BCUT2D eigenvalue weighted by Crippen LogP contribution is 2.38. The Morgan fingerprint density at radius 2 is 1.78 bits per heavy atom. The minimum absolute atomic E-state index is 0.0366. The van der Waals surface area contributed by atoms with Crippen LogP contribution in [0.25, 0.3) is 6.08 Å². The molecule has 7 heteroatoms. The van der Waals surface area contributed by atoms with Gasteiger partial charge in [0.15, 0.2) is 5.78 Å². The Bertz CT molecular complexity index is 1110. The van der Waals surface area contributed by atoms with Gasteiger partial charge in [-0.1, -0.05) is 59.6 Å². The standard InChI is InChI=1S/C25H20Cl2F3NO/c1-16-12-17(5-8-22(16)24(32)10-7-21-4-2-3-11-31-21)6-9-23(25(28,29)30)18-13-19(26)15-20(27)14-18/h2-6,8-9,11-15,23H,7,10H2,1H3/b9-6+. The van der Waals surface area contributed by atoms with Gasteiger partial charge in [0, 0.05) is 33.9 Å². The van der Waals surface area contributed by atoms with Gasteiger partial charge in [0.25, 0.3) is 0 Å². The van der Waals surface area contributed by atoms with Crippen LogP contribution in [-0.2, 0) is 6.42 Å². The Morgan fingerprint density at radius 1 is 1.06 bits per heavy atom. The summed E-state index contributed by atoms with van der Waals surface area (Å²) in [5, 5.41) is 0.277. The third-order valence-electron chi connectivity index (χ3n) is 4.96. The summed E-state index contributed by atoms with van der Waals surface area (Å²) in [4.78, 5) is 16.8. The van der Waals surface area contributed by atoms with Crippen LogP contribution in [0.5, 0.6) is 0 Å². The summed E-state index contributed by atoms with van der Waals surface area (Å²) in [7, 11) is 0. The molecule has 0 radical (unpaired) electrons. The topological polar surface area (TPSA) is 30.0 Å². The fraction of sp³-hybridized carbons (Fsp3) is 0.200. The number of aromatic nitrogens is 1. The first-order valence-corrected chi connectivity index (χ1v) is 10.6. The molecule has 2 aromatic carbocycles. The number of hydrogen-bond acceptors (Lipinski definition) is 2. The monoisotopic (exact) mass is 477 g/mol. The number of Topliss-reactive ketones (excluding diaryl/α,β-unsaturated/α-hetero) is 1. The summed E-state index contributed by atoms with van der Waals surface area (Å²) < 4.78 is 41.0. The molecule has 0 fully saturated rings. The molecule has 1 unspecified atom stereocenters. The first-order chi connectivity index (χ1) is 15.1. The number of carbonyl (C=O) groups is 1. The lowest BCUT2D eigenvalue weighted by atomic mass is 9.95. The van der Waals surface area contributed by atoms with Crippen LogP contribution in [0.1, 0.15) is 45.1 Å². The van der Waals surface area contributed by atoms with E-state index in [1.165, 1.54) is 24.3 Å². The van der Waals surface area contributed by atoms with E-state index in [-0.39, 0.29) is 21.4 Å². The third-order valence-corrected chi connectivity index (χ3v) is 5.40. The second kappa shape index (κ2) is 10.3. The molecule has 3 aromatic rings. The average Bonchev–Trinajstić information content (AvgIpc) is 2.71. The fourth-order valence-corrected chi connectivity index (χ4v) is 3.94. The van der Waals surface area contributed by atoms with Crippen molar-refractivity contribution in [2.75, 3.05) is 0 Å². The number of allylic oxidation sites excluding steroid dienone is 1. The number of aryl methyl sites for hydroxylation is 2. The van der Waals surface area contributed by atoms with Crippen molar-refractivity contribution in [3.05, 3.63) is 105 Å². The Kier molecular flexibility index (Phi) is 7.75. The Labute approximate surface area is 194 Å². The van der Waals surface area contributed by atoms with Gasteiger partial charge in [0.05, 0.1) is 5.92 Å². The number of benzene rings is 2. The van der Waals surface area contributed by atoms with Crippen LogP contribution < -0.4 is 0 Å². The van der Waals surface area contributed by atoms with E-state index in [0.717, 1.165) is 11.8 Å². The SMILES string of the molecule is Cc1cc(/C=C/C(c2cc(Cl)cc(Cl)c2)C(F)(F)F)ccc1C(=O)CCc1ccccn1. The molecule has 0 amide bonds. The zero-order valence-corrected chi connectivity index (χ0v) is 18.7. The Hall–Kier alpha value is -2.63. The highest BCUT2D eigenvalue weighted by Gasteiger charge is 2.39. The first kappa shape index (κ1) is 24.0. The van der Waals surface area contributed by atoms with Gasteiger partial charge in [-0.05, 0) is 60.4 Å². The zero-order valence-electron chi connectivity index (χ0n) is 17.2. The van der Waals surface area contributed by atoms with E-state index in [1.807, 2.05) is 18.2 Å². The van der Waals surface area contributed by atoms with Crippen LogP contribution >= 0.6 is 23.2 Å².